The van der Waals surface area contributed by atoms with Crippen molar-refractivity contribution in [2.45, 2.75) is 83.0 Å². The second kappa shape index (κ2) is 8.41. The van der Waals surface area contributed by atoms with E-state index in [1.54, 1.807) is 0 Å². The number of nitrogens with zero attached hydrogens (tertiary/aromatic N) is 1. The first-order valence-corrected chi connectivity index (χ1v) is 10.2. The number of aliphatic hydroxyl groups is 2. The highest BCUT2D eigenvalue weighted by molar-refractivity contribution is 5.17. The van der Waals surface area contributed by atoms with Crippen LogP contribution in [0.1, 0.15) is 52.4 Å². The van der Waals surface area contributed by atoms with Gasteiger partial charge in [0, 0.05) is 18.8 Å². The zero-order valence-corrected chi connectivity index (χ0v) is 16.3. The number of alkyl halides is 1. The number of aliphatic hydroxyl groups excluding tert-OH is 2. The molecule has 0 spiro atoms. The third kappa shape index (κ3) is 4.15. The molecule has 0 aromatic carbocycles. The molecule has 1 saturated carbocycles. The van der Waals surface area contributed by atoms with Gasteiger partial charge in [-0.25, -0.2) is 4.39 Å². The molecule has 26 heavy (non-hydrogen) atoms. The molecular weight excluding hydrogens is 331 g/mol. The van der Waals surface area contributed by atoms with E-state index in [0.29, 0.717) is 12.3 Å². The Morgan fingerprint density at radius 2 is 2.00 bits per heavy atom. The second-order valence-corrected chi connectivity index (χ2v) is 8.67. The third-order valence-electron chi connectivity index (χ3n) is 6.89. The van der Waals surface area contributed by atoms with Gasteiger partial charge in [-0.1, -0.05) is 26.0 Å². The van der Waals surface area contributed by atoms with Gasteiger partial charge in [0.15, 0.2) is 0 Å². The number of rotatable bonds is 4. The standard InChI is InChI=1S/C21H35FN2O2/c1-13-11-19(26)20(22)14(2)17(13)12-15-9-10-18(25)21(23-15)24(3)16-7-5-4-6-8-16/h4-5,7,13-15,17-21,23,25-26H,6,8-12H2,1-3H3. The number of piperidine rings is 1. The van der Waals surface area contributed by atoms with Crippen molar-refractivity contribution in [3.05, 3.63) is 23.9 Å². The fraction of sp³-hybridized carbons (Fsp3) is 0.810. The molecule has 1 heterocycles. The average molecular weight is 367 g/mol. The van der Waals surface area contributed by atoms with Gasteiger partial charge in [0.25, 0.3) is 0 Å². The summed E-state index contributed by atoms with van der Waals surface area (Å²) in [5, 5.41) is 24.1. The molecule has 2 aliphatic carbocycles. The summed E-state index contributed by atoms with van der Waals surface area (Å²) in [5.41, 5.74) is 1.25. The first-order valence-electron chi connectivity index (χ1n) is 10.2. The van der Waals surface area contributed by atoms with E-state index in [-0.39, 0.29) is 30.1 Å². The lowest BCUT2D eigenvalue weighted by atomic mass is 9.68. The van der Waals surface area contributed by atoms with Crippen molar-refractivity contribution in [3.63, 3.8) is 0 Å². The van der Waals surface area contributed by atoms with Crippen molar-refractivity contribution < 1.29 is 14.6 Å². The Hall–Kier alpha value is -0.910. The highest BCUT2D eigenvalue weighted by Crippen LogP contribution is 2.40. The molecule has 8 unspecified atom stereocenters. The van der Waals surface area contributed by atoms with Crippen LogP contribution < -0.4 is 5.32 Å². The van der Waals surface area contributed by atoms with E-state index >= 15 is 0 Å². The summed E-state index contributed by atoms with van der Waals surface area (Å²) >= 11 is 0. The molecule has 5 heteroatoms. The Kier molecular flexibility index (Phi) is 6.41. The Morgan fingerprint density at radius 1 is 1.23 bits per heavy atom. The first kappa shape index (κ1) is 19.8. The van der Waals surface area contributed by atoms with Gasteiger partial charge < -0.3 is 15.1 Å². The minimum atomic E-state index is -1.12. The first-order chi connectivity index (χ1) is 12.4. The largest absolute Gasteiger partial charge is 0.390 e. The SMILES string of the molecule is CC1CC(O)C(F)C(C)C1CC1CCC(O)C(N(C)C2=CC=CCC2)N1. The van der Waals surface area contributed by atoms with Gasteiger partial charge in [-0.2, -0.15) is 0 Å². The third-order valence-corrected chi connectivity index (χ3v) is 6.89. The number of halogens is 1. The number of likely N-dealkylation sites (N-methyl/N-ethyl adjacent to an activating group) is 1. The van der Waals surface area contributed by atoms with Crippen molar-refractivity contribution in [1.82, 2.24) is 10.2 Å². The van der Waals surface area contributed by atoms with Crippen LogP contribution >= 0.6 is 0 Å². The van der Waals surface area contributed by atoms with Gasteiger partial charge in [-0.3, -0.25) is 5.32 Å². The monoisotopic (exact) mass is 366 g/mol. The van der Waals surface area contributed by atoms with E-state index in [1.807, 2.05) is 14.0 Å². The fourth-order valence-corrected chi connectivity index (χ4v) is 5.15. The maximum atomic E-state index is 14.3. The van der Waals surface area contributed by atoms with Crippen molar-refractivity contribution in [2.75, 3.05) is 7.05 Å². The van der Waals surface area contributed by atoms with Crippen LogP contribution in [0.3, 0.4) is 0 Å². The molecule has 8 atom stereocenters. The van der Waals surface area contributed by atoms with Crippen LogP contribution in [-0.2, 0) is 0 Å². The molecular formula is C21H35FN2O2. The lowest BCUT2D eigenvalue weighted by molar-refractivity contribution is -0.0486. The van der Waals surface area contributed by atoms with E-state index in [0.717, 1.165) is 32.1 Å². The maximum absolute atomic E-state index is 14.3. The molecule has 0 amide bonds. The van der Waals surface area contributed by atoms with Gasteiger partial charge >= 0.3 is 0 Å². The minimum Gasteiger partial charge on any atom is -0.390 e. The predicted octanol–water partition coefficient (Wildman–Crippen LogP) is 2.97. The van der Waals surface area contributed by atoms with Crippen molar-refractivity contribution >= 4 is 0 Å². The van der Waals surface area contributed by atoms with Crippen molar-refractivity contribution in [2.24, 2.45) is 17.8 Å². The molecule has 1 saturated heterocycles. The van der Waals surface area contributed by atoms with E-state index in [4.69, 9.17) is 0 Å². The highest BCUT2D eigenvalue weighted by atomic mass is 19.1. The Morgan fingerprint density at radius 3 is 2.69 bits per heavy atom. The Balaban J connectivity index is 1.64. The van der Waals surface area contributed by atoms with E-state index < -0.39 is 12.3 Å². The van der Waals surface area contributed by atoms with E-state index in [2.05, 4.69) is 35.4 Å². The number of hydrogen-bond donors (Lipinski definition) is 3. The van der Waals surface area contributed by atoms with Crippen LogP contribution in [0.2, 0.25) is 0 Å². The van der Waals surface area contributed by atoms with Crippen LogP contribution in [0.25, 0.3) is 0 Å². The molecule has 4 nitrogen and oxygen atoms in total. The van der Waals surface area contributed by atoms with Gasteiger partial charge in [0.05, 0.1) is 12.2 Å². The fourth-order valence-electron chi connectivity index (χ4n) is 5.15. The lowest BCUT2D eigenvalue weighted by Crippen LogP contribution is -2.58. The van der Waals surface area contributed by atoms with Crippen LogP contribution in [0, 0.1) is 17.8 Å². The summed E-state index contributed by atoms with van der Waals surface area (Å²) < 4.78 is 14.3. The summed E-state index contributed by atoms with van der Waals surface area (Å²) in [5.74, 6) is 0.469. The topological polar surface area (TPSA) is 55.7 Å². The number of hydrogen-bond acceptors (Lipinski definition) is 4. The van der Waals surface area contributed by atoms with Gasteiger partial charge in [-0.05, 0) is 62.4 Å². The lowest BCUT2D eigenvalue weighted by Gasteiger charge is -2.45. The summed E-state index contributed by atoms with van der Waals surface area (Å²) in [7, 11) is 2.05. The highest BCUT2D eigenvalue weighted by Gasteiger charge is 2.42. The molecule has 148 valence electrons. The Bertz CT molecular complexity index is 538. The summed E-state index contributed by atoms with van der Waals surface area (Å²) in [6.07, 6.45) is 9.14. The molecule has 0 radical (unpaired) electrons. The zero-order chi connectivity index (χ0) is 18.8. The molecule has 3 aliphatic rings. The predicted molar refractivity (Wildman–Crippen MR) is 102 cm³/mol. The summed E-state index contributed by atoms with van der Waals surface area (Å²) in [4.78, 5) is 2.18. The van der Waals surface area contributed by atoms with E-state index in [9.17, 15) is 14.6 Å². The van der Waals surface area contributed by atoms with Gasteiger partial charge in [0.2, 0.25) is 0 Å². The van der Waals surface area contributed by atoms with Crippen LogP contribution in [0.4, 0.5) is 4.39 Å². The quantitative estimate of drug-likeness (QED) is 0.716. The number of nitrogens with one attached hydrogen (secondary N) is 1. The summed E-state index contributed by atoms with van der Waals surface area (Å²) in [6.45, 7) is 4.07. The second-order valence-electron chi connectivity index (χ2n) is 8.67. The number of allylic oxidation sites excluding steroid dienone is 4. The van der Waals surface area contributed by atoms with Gasteiger partial charge in [0.1, 0.15) is 12.3 Å². The molecule has 0 aromatic heterocycles. The smallest absolute Gasteiger partial charge is 0.129 e. The van der Waals surface area contributed by atoms with Crippen LogP contribution in [0.5, 0.6) is 0 Å². The average Bonchev–Trinajstić information content (AvgIpc) is 2.65. The Labute approximate surface area is 157 Å². The molecule has 0 bridgehead atoms. The molecule has 3 N–H and O–H groups in total. The molecule has 3 rings (SSSR count). The molecule has 0 aromatic rings. The zero-order valence-electron chi connectivity index (χ0n) is 16.3. The van der Waals surface area contributed by atoms with E-state index in [1.165, 1.54) is 5.70 Å². The van der Waals surface area contributed by atoms with Crippen molar-refractivity contribution in [3.8, 4) is 0 Å². The van der Waals surface area contributed by atoms with Gasteiger partial charge in [-0.15, -0.1) is 0 Å². The molecule has 2 fully saturated rings. The van der Waals surface area contributed by atoms with Crippen LogP contribution in [-0.4, -0.2) is 52.7 Å². The minimum absolute atomic E-state index is 0.0903. The van der Waals surface area contributed by atoms with Crippen LogP contribution in [0.15, 0.2) is 23.9 Å². The molecule has 1 aliphatic heterocycles. The maximum Gasteiger partial charge on any atom is 0.129 e. The van der Waals surface area contributed by atoms with Crippen molar-refractivity contribution in [1.29, 1.82) is 0 Å². The summed E-state index contributed by atoms with van der Waals surface area (Å²) in [6, 6.07) is 0.280. The normalized spacial score (nSPS) is 43.8.